The summed E-state index contributed by atoms with van der Waals surface area (Å²) < 4.78 is 0. The summed E-state index contributed by atoms with van der Waals surface area (Å²) in [5, 5.41) is 4.10. The Morgan fingerprint density at radius 2 is 2.19 bits per heavy atom. The zero-order valence-corrected chi connectivity index (χ0v) is 10.0. The van der Waals surface area contributed by atoms with E-state index in [1.165, 1.54) is 5.56 Å². The Labute approximate surface area is 101 Å². The fraction of sp³-hybridized carbons (Fsp3) is 0.231. The summed E-state index contributed by atoms with van der Waals surface area (Å²) in [6.07, 6.45) is 1.92. The van der Waals surface area contributed by atoms with Crippen LogP contribution in [0.15, 0.2) is 36.5 Å². The van der Waals surface area contributed by atoms with E-state index in [1.54, 1.807) is 0 Å². The fourth-order valence-electron chi connectivity index (χ4n) is 1.65. The molecule has 0 aliphatic heterocycles. The van der Waals surface area contributed by atoms with Crippen molar-refractivity contribution in [2.45, 2.75) is 13.5 Å². The van der Waals surface area contributed by atoms with E-state index in [0.29, 0.717) is 0 Å². The third-order valence-corrected chi connectivity index (χ3v) is 2.89. The van der Waals surface area contributed by atoms with Crippen LogP contribution in [-0.4, -0.2) is 11.5 Å². The van der Waals surface area contributed by atoms with E-state index >= 15 is 0 Å². The average Bonchev–Trinajstić information content (AvgIpc) is 2.81. The van der Waals surface area contributed by atoms with Crippen LogP contribution in [0.25, 0.3) is 11.3 Å². The van der Waals surface area contributed by atoms with Crippen molar-refractivity contribution in [2.75, 3.05) is 6.54 Å². The Morgan fingerprint density at radius 3 is 2.88 bits per heavy atom. The van der Waals surface area contributed by atoms with Crippen LogP contribution in [0.3, 0.4) is 0 Å². The maximum Gasteiger partial charge on any atom is 0.0454 e. The molecule has 2 nitrogen and oxygen atoms in total. The Bertz CT molecular complexity index is 449. The Kier molecular flexibility index (Phi) is 3.65. The van der Waals surface area contributed by atoms with Gasteiger partial charge in [0.25, 0.3) is 0 Å². The minimum atomic E-state index is 0.809. The SMILES string of the molecule is CCNCc1cc(-c2ccc[nH]2)ccc1Cl. The molecule has 2 N–H and O–H groups in total. The number of aromatic nitrogens is 1. The molecule has 0 radical (unpaired) electrons. The molecule has 3 heteroatoms. The first-order valence-corrected chi connectivity index (χ1v) is 5.82. The summed E-state index contributed by atoms with van der Waals surface area (Å²) >= 11 is 6.14. The second-order valence-electron chi connectivity index (χ2n) is 3.67. The van der Waals surface area contributed by atoms with E-state index in [2.05, 4.69) is 29.4 Å². The summed E-state index contributed by atoms with van der Waals surface area (Å²) in [4.78, 5) is 3.19. The second kappa shape index (κ2) is 5.19. The van der Waals surface area contributed by atoms with Gasteiger partial charge >= 0.3 is 0 Å². The van der Waals surface area contributed by atoms with Gasteiger partial charge < -0.3 is 10.3 Å². The molecule has 0 atom stereocenters. The van der Waals surface area contributed by atoms with Crippen LogP contribution in [0.2, 0.25) is 5.02 Å². The van der Waals surface area contributed by atoms with Crippen LogP contribution in [0, 0.1) is 0 Å². The number of rotatable bonds is 4. The molecule has 0 saturated carbocycles. The molecule has 0 aliphatic carbocycles. The van der Waals surface area contributed by atoms with E-state index in [1.807, 2.05) is 24.4 Å². The lowest BCUT2D eigenvalue weighted by Gasteiger charge is -2.07. The van der Waals surface area contributed by atoms with E-state index in [4.69, 9.17) is 11.6 Å². The zero-order valence-electron chi connectivity index (χ0n) is 9.26. The first-order chi connectivity index (χ1) is 7.81. The molecule has 0 bridgehead atoms. The topological polar surface area (TPSA) is 27.8 Å². The van der Waals surface area contributed by atoms with Crippen LogP contribution in [0.4, 0.5) is 0 Å². The molecule has 1 heterocycles. The summed E-state index contributed by atoms with van der Waals surface area (Å²) in [7, 11) is 0. The third kappa shape index (κ3) is 2.46. The molecule has 0 amide bonds. The van der Waals surface area contributed by atoms with Gasteiger partial charge in [-0.05, 0) is 41.9 Å². The number of aromatic amines is 1. The maximum atomic E-state index is 6.14. The minimum Gasteiger partial charge on any atom is -0.361 e. The van der Waals surface area contributed by atoms with Crippen molar-refractivity contribution < 1.29 is 0 Å². The van der Waals surface area contributed by atoms with Crippen LogP contribution in [-0.2, 0) is 6.54 Å². The normalized spacial score (nSPS) is 10.6. The van der Waals surface area contributed by atoms with Gasteiger partial charge in [-0.2, -0.15) is 0 Å². The highest BCUT2D eigenvalue weighted by molar-refractivity contribution is 6.31. The predicted molar refractivity (Wildman–Crippen MR) is 68.6 cm³/mol. The van der Waals surface area contributed by atoms with E-state index in [9.17, 15) is 0 Å². The first kappa shape index (κ1) is 11.2. The number of hydrogen-bond acceptors (Lipinski definition) is 1. The lowest BCUT2D eigenvalue weighted by atomic mass is 10.1. The van der Waals surface area contributed by atoms with Crippen molar-refractivity contribution in [3.05, 3.63) is 47.1 Å². The van der Waals surface area contributed by atoms with Crippen molar-refractivity contribution in [3.8, 4) is 11.3 Å². The molecule has 0 fully saturated rings. The first-order valence-electron chi connectivity index (χ1n) is 5.44. The lowest BCUT2D eigenvalue weighted by molar-refractivity contribution is 0.727. The molecule has 1 aromatic carbocycles. The fourth-order valence-corrected chi connectivity index (χ4v) is 1.83. The predicted octanol–water partition coefficient (Wildman–Crippen LogP) is 3.44. The van der Waals surface area contributed by atoms with E-state index < -0.39 is 0 Å². The van der Waals surface area contributed by atoms with Crippen LogP contribution < -0.4 is 5.32 Å². The van der Waals surface area contributed by atoms with Gasteiger partial charge in [-0.15, -0.1) is 0 Å². The van der Waals surface area contributed by atoms with Gasteiger partial charge in [0, 0.05) is 23.5 Å². The van der Waals surface area contributed by atoms with Gasteiger partial charge in [-0.1, -0.05) is 24.6 Å². The number of halogens is 1. The number of hydrogen-bond donors (Lipinski definition) is 2. The molecule has 16 heavy (non-hydrogen) atoms. The zero-order chi connectivity index (χ0) is 11.4. The van der Waals surface area contributed by atoms with E-state index in [-0.39, 0.29) is 0 Å². The Morgan fingerprint density at radius 1 is 1.31 bits per heavy atom. The molecule has 2 rings (SSSR count). The van der Waals surface area contributed by atoms with Crippen LogP contribution in [0.5, 0.6) is 0 Å². The smallest absolute Gasteiger partial charge is 0.0454 e. The molecular weight excluding hydrogens is 220 g/mol. The minimum absolute atomic E-state index is 0.809. The van der Waals surface area contributed by atoms with Crippen LogP contribution >= 0.6 is 11.6 Å². The highest BCUT2D eigenvalue weighted by Crippen LogP contribution is 2.23. The molecule has 84 valence electrons. The third-order valence-electron chi connectivity index (χ3n) is 2.52. The second-order valence-corrected chi connectivity index (χ2v) is 4.08. The van der Waals surface area contributed by atoms with Gasteiger partial charge in [-0.3, -0.25) is 0 Å². The van der Waals surface area contributed by atoms with Gasteiger partial charge in [0.15, 0.2) is 0 Å². The molecule has 0 spiro atoms. The molecular formula is C13H15ClN2. The molecule has 0 aliphatic rings. The standard InChI is InChI=1S/C13H15ClN2/c1-2-15-9-11-8-10(5-6-12(11)14)13-4-3-7-16-13/h3-8,15-16H,2,9H2,1H3. The number of benzene rings is 1. The van der Waals surface area contributed by atoms with E-state index in [0.717, 1.165) is 29.4 Å². The molecule has 0 unspecified atom stereocenters. The summed E-state index contributed by atoms with van der Waals surface area (Å²) in [6.45, 7) is 3.84. The van der Waals surface area contributed by atoms with Gasteiger partial charge in [0.2, 0.25) is 0 Å². The lowest BCUT2D eigenvalue weighted by Crippen LogP contribution is -2.12. The van der Waals surface area contributed by atoms with Crippen molar-refractivity contribution >= 4 is 11.6 Å². The summed E-state index contributed by atoms with van der Waals surface area (Å²) in [5.74, 6) is 0. The maximum absolute atomic E-state index is 6.14. The highest BCUT2D eigenvalue weighted by Gasteiger charge is 2.03. The largest absolute Gasteiger partial charge is 0.361 e. The van der Waals surface area contributed by atoms with Crippen LogP contribution in [0.1, 0.15) is 12.5 Å². The number of H-pyrrole nitrogens is 1. The Balaban J connectivity index is 2.28. The monoisotopic (exact) mass is 234 g/mol. The van der Waals surface area contributed by atoms with Gasteiger partial charge in [0.1, 0.15) is 0 Å². The summed E-state index contributed by atoms with van der Waals surface area (Å²) in [6, 6.07) is 10.2. The summed E-state index contributed by atoms with van der Waals surface area (Å²) in [5.41, 5.74) is 3.42. The quantitative estimate of drug-likeness (QED) is 0.833. The highest BCUT2D eigenvalue weighted by atomic mass is 35.5. The van der Waals surface area contributed by atoms with Crippen molar-refractivity contribution in [1.82, 2.24) is 10.3 Å². The van der Waals surface area contributed by atoms with Crippen molar-refractivity contribution in [3.63, 3.8) is 0 Å². The molecule has 0 saturated heterocycles. The van der Waals surface area contributed by atoms with Crippen molar-refractivity contribution in [1.29, 1.82) is 0 Å². The molecule has 1 aromatic heterocycles. The molecule has 2 aromatic rings. The average molecular weight is 235 g/mol. The van der Waals surface area contributed by atoms with Crippen molar-refractivity contribution in [2.24, 2.45) is 0 Å². The van der Waals surface area contributed by atoms with Gasteiger partial charge in [-0.25, -0.2) is 0 Å². The van der Waals surface area contributed by atoms with Gasteiger partial charge in [0.05, 0.1) is 0 Å². The Hall–Kier alpha value is -1.25. The number of nitrogens with one attached hydrogen (secondary N) is 2.